The number of carbonyl (C=O) groups is 1. The maximum atomic E-state index is 12.5. The summed E-state index contributed by atoms with van der Waals surface area (Å²) in [5.41, 5.74) is 2.64. The van der Waals surface area contributed by atoms with Crippen LogP contribution >= 0.6 is 0 Å². The highest BCUT2D eigenvalue weighted by Crippen LogP contribution is 2.24. The standard InChI is InChI=1S/C22H23N3O4/c1-28-17-6-3-15(4-7-17)24-9-11-25(12-10-24)16-5-8-18-20(13-16)23-14-19(21(18)26)22(27)29-2/h3-8,13-14H,9-12H2,1-2H3,(H,23,26). The number of piperazine rings is 1. The summed E-state index contributed by atoms with van der Waals surface area (Å²) >= 11 is 0. The molecule has 7 nitrogen and oxygen atoms in total. The second kappa shape index (κ2) is 7.87. The van der Waals surface area contributed by atoms with E-state index in [0.717, 1.165) is 37.6 Å². The van der Waals surface area contributed by atoms with Crippen molar-refractivity contribution in [3.63, 3.8) is 0 Å². The molecule has 150 valence electrons. The number of pyridine rings is 1. The van der Waals surface area contributed by atoms with Crippen LogP contribution in [0.15, 0.2) is 53.5 Å². The topological polar surface area (TPSA) is 74.9 Å². The van der Waals surface area contributed by atoms with E-state index in [9.17, 15) is 9.59 Å². The normalized spacial score (nSPS) is 14.1. The monoisotopic (exact) mass is 393 g/mol. The Morgan fingerprint density at radius 3 is 2.17 bits per heavy atom. The van der Waals surface area contributed by atoms with Gasteiger partial charge in [-0.15, -0.1) is 0 Å². The lowest BCUT2D eigenvalue weighted by Crippen LogP contribution is -2.46. The van der Waals surface area contributed by atoms with E-state index >= 15 is 0 Å². The van der Waals surface area contributed by atoms with Crippen molar-refractivity contribution in [2.75, 3.05) is 50.2 Å². The number of H-pyrrole nitrogens is 1. The molecular weight excluding hydrogens is 370 g/mol. The summed E-state index contributed by atoms with van der Waals surface area (Å²) in [4.78, 5) is 31.9. The molecule has 0 radical (unpaired) electrons. The summed E-state index contributed by atoms with van der Waals surface area (Å²) in [6.45, 7) is 3.56. The molecule has 1 N–H and O–H groups in total. The Hall–Kier alpha value is -3.48. The first-order valence-corrected chi connectivity index (χ1v) is 9.48. The van der Waals surface area contributed by atoms with Gasteiger partial charge in [-0.25, -0.2) is 4.79 Å². The lowest BCUT2D eigenvalue weighted by Gasteiger charge is -2.37. The highest BCUT2D eigenvalue weighted by atomic mass is 16.5. The third kappa shape index (κ3) is 3.63. The molecule has 0 bridgehead atoms. The van der Waals surface area contributed by atoms with Crippen LogP contribution in [0.4, 0.5) is 11.4 Å². The van der Waals surface area contributed by atoms with Gasteiger partial charge >= 0.3 is 5.97 Å². The van der Waals surface area contributed by atoms with Gasteiger partial charge in [0.05, 0.1) is 19.7 Å². The van der Waals surface area contributed by atoms with Crippen LogP contribution in [0.3, 0.4) is 0 Å². The lowest BCUT2D eigenvalue weighted by molar-refractivity contribution is 0.0599. The molecule has 7 heteroatoms. The molecule has 29 heavy (non-hydrogen) atoms. The largest absolute Gasteiger partial charge is 0.497 e. The fraction of sp³-hybridized carbons (Fsp3) is 0.273. The van der Waals surface area contributed by atoms with Gasteiger partial charge in [-0.2, -0.15) is 0 Å². The molecule has 0 aliphatic carbocycles. The van der Waals surface area contributed by atoms with Crippen LogP contribution in [0.2, 0.25) is 0 Å². The zero-order valence-corrected chi connectivity index (χ0v) is 16.5. The van der Waals surface area contributed by atoms with Gasteiger partial charge in [-0.3, -0.25) is 4.79 Å². The highest BCUT2D eigenvalue weighted by molar-refractivity contribution is 5.94. The maximum Gasteiger partial charge on any atom is 0.343 e. The number of hydrogen-bond acceptors (Lipinski definition) is 6. The van der Waals surface area contributed by atoms with Crippen LogP contribution in [-0.4, -0.2) is 51.4 Å². The minimum atomic E-state index is -0.633. The van der Waals surface area contributed by atoms with E-state index in [4.69, 9.17) is 4.74 Å². The summed E-state index contributed by atoms with van der Waals surface area (Å²) in [6, 6.07) is 13.8. The molecule has 0 amide bonds. The van der Waals surface area contributed by atoms with Crippen molar-refractivity contribution < 1.29 is 14.3 Å². The van der Waals surface area contributed by atoms with E-state index in [1.54, 1.807) is 13.2 Å². The molecule has 1 aliphatic heterocycles. The van der Waals surface area contributed by atoms with Crippen molar-refractivity contribution in [2.24, 2.45) is 0 Å². The summed E-state index contributed by atoms with van der Waals surface area (Å²) in [6.07, 6.45) is 1.42. The first kappa shape index (κ1) is 18.9. The Balaban J connectivity index is 1.50. The second-order valence-corrected chi connectivity index (χ2v) is 6.93. The Kier molecular flexibility index (Phi) is 5.12. The molecule has 0 unspecified atom stereocenters. The predicted molar refractivity (Wildman–Crippen MR) is 113 cm³/mol. The highest BCUT2D eigenvalue weighted by Gasteiger charge is 2.19. The van der Waals surface area contributed by atoms with Crippen molar-refractivity contribution >= 4 is 28.2 Å². The number of rotatable bonds is 4. The molecular formula is C22H23N3O4. The second-order valence-electron chi connectivity index (χ2n) is 6.93. The summed E-state index contributed by atoms with van der Waals surface area (Å²) < 4.78 is 9.89. The number of carbonyl (C=O) groups excluding carboxylic acids is 1. The minimum absolute atomic E-state index is 0.0147. The molecule has 3 aromatic rings. The molecule has 0 atom stereocenters. The first-order valence-electron chi connectivity index (χ1n) is 9.48. The minimum Gasteiger partial charge on any atom is -0.497 e. The lowest BCUT2D eigenvalue weighted by atomic mass is 10.1. The number of nitrogens with zero attached hydrogens (tertiary/aromatic N) is 2. The smallest absolute Gasteiger partial charge is 0.343 e. The van der Waals surface area contributed by atoms with Gasteiger partial charge in [0.1, 0.15) is 11.3 Å². The van der Waals surface area contributed by atoms with Gasteiger partial charge in [0.2, 0.25) is 5.43 Å². The molecule has 2 heterocycles. The molecule has 4 rings (SSSR count). The van der Waals surface area contributed by atoms with E-state index < -0.39 is 5.97 Å². The number of benzene rings is 2. The third-order valence-electron chi connectivity index (χ3n) is 5.35. The van der Waals surface area contributed by atoms with Crippen molar-refractivity contribution in [3.05, 3.63) is 64.4 Å². The number of nitrogens with one attached hydrogen (secondary N) is 1. The number of anilines is 2. The van der Waals surface area contributed by atoms with Crippen LogP contribution in [-0.2, 0) is 4.74 Å². The average molecular weight is 393 g/mol. The maximum absolute atomic E-state index is 12.5. The van der Waals surface area contributed by atoms with E-state index in [1.807, 2.05) is 24.3 Å². The van der Waals surface area contributed by atoms with Crippen LogP contribution < -0.4 is 20.0 Å². The van der Waals surface area contributed by atoms with Crippen molar-refractivity contribution in [1.82, 2.24) is 4.98 Å². The van der Waals surface area contributed by atoms with Gasteiger partial charge in [-0.1, -0.05) is 0 Å². The van der Waals surface area contributed by atoms with E-state index in [2.05, 4.69) is 31.7 Å². The van der Waals surface area contributed by atoms with Crippen LogP contribution in [0, 0.1) is 0 Å². The molecule has 0 saturated carbocycles. The molecule has 1 aliphatic rings. The predicted octanol–water partition coefficient (Wildman–Crippen LogP) is 2.65. The van der Waals surface area contributed by atoms with Gasteiger partial charge in [0.15, 0.2) is 0 Å². The van der Waals surface area contributed by atoms with E-state index in [-0.39, 0.29) is 11.0 Å². The van der Waals surface area contributed by atoms with Crippen LogP contribution in [0.5, 0.6) is 5.75 Å². The van der Waals surface area contributed by atoms with Crippen LogP contribution in [0.1, 0.15) is 10.4 Å². The van der Waals surface area contributed by atoms with E-state index in [0.29, 0.717) is 10.9 Å². The Labute approximate surface area is 168 Å². The number of methoxy groups -OCH3 is 2. The van der Waals surface area contributed by atoms with Gasteiger partial charge in [0.25, 0.3) is 0 Å². The average Bonchev–Trinajstić information content (AvgIpc) is 2.79. The van der Waals surface area contributed by atoms with Gasteiger partial charge < -0.3 is 24.3 Å². The number of aromatic nitrogens is 1. The number of ether oxygens (including phenoxy) is 2. The van der Waals surface area contributed by atoms with Crippen molar-refractivity contribution in [2.45, 2.75) is 0 Å². The molecule has 2 aromatic carbocycles. The van der Waals surface area contributed by atoms with Crippen molar-refractivity contribution in [3.8, 4) is 5.75 Å². The van der Waals surface area contributed by atoms with Gasteiger partial charge in [-0.05, 0) is 42.5 Å². The molecule has 1 aromatic heterocycles. The summed E-state index contributed by atoms with van der Waals surface area (Å²) in [5, 5.41) is 0.480. The zero-order chi connectivity index (χ0) is 20.4. The molecule has 1 saturated heterocycles. The number of aromatic amines is 1. The quantitative estimate of drug-likeness (QED) is 0.687. The summed E-state index contributed by atoms with van der Waals surface area (Å²) in [5.74, 6) is 0.222. The first-order chi connectivity index (χ1) is 14.1. The number of hydrogen-bond donors (Lipinski definition) is 1. The fourth-order valence-corrected chi connectivity index (χ4v) is 3.68. The molecule has 0 spiro atoms. The Bertz CT molecular complexity index is 1080. The Morgan fingerprint density at radius 1 is 0.931 bits per heavy atom. The Morgan fingerprint density at radius 2 is 1.55 bits per heavy atom. The third-order valence-corrected chi connectivity index (χ3v) is 5.35. The van der Waals surface area contributed by atoms with Gasteiger partial charge in [0, 0.05) is 49.1 Å². The SMILES string of the molecule is COC(=O)c1c[nH]c2cc(N3CCN(c4ccc(OC)cc4)CC3)ccc2c1=O. The summed E-state index contributed by atoms with van der Waals surface area (Å²) in [7, 11) is 2.93. The number of fused-ring (bicyclic) bond motifs is 1. The van der Waals surface area contributed by atoms with Crippen LogP contribution in [0.25, 0.3) is 10.9 Å². The molecule has 1 fully saturated rings. The fourth-order valence-electron chi connectivity index (χ4n) is 3.68. The number of esters is 1. The van der Waals surface area contributed by atoms with Crippen molar-refractivity contribution in [1.29, 1.82) is 0 Å². The van der Waals surface area contributed by atoms with E-state index in [1.165, 1.54) is 19.0 Å². The zero-order valence-electron chi connectivity index (χ0n) is 16.5.